The van der Waals surface area contributed by atoms with E-state index in [0.717, 1.165) is 79.1 Å². The minimum absolute atomic E-state index is 0.0774. The zero-order valence-electron chi connectivity index (χ0n) is 29.4. The van der Waals surface area contributed by atoms with Gasteiger partial charge in [-0.05, 0) is 105 Å². The van der Waals surface area contributed by atoms with E-state index in [2.05, 4.69) is 52.5 Å². The van der Waals surface area contributed by atoms with E-state index < -0.39 is 22.1 Å². The molecule has 6 heterocycles. The maximum atomic E-state index is 16.0. The number of hydrogen-bond donors (Lipinski definition) is 2. The Kier molecular flexibility index (Phi) is 11.9. The fourth-order valence-corrected chi connectivity index (χ4v) is 9.65. The summed E-state index contributed by atoms with van der Waals surface area (Å²) >= 11 is 5.29. The summed E-state index contributed by atoms with van der Waals surface area (Å²) in [7, 11) is 7.04. The summed E-state index contributed by atoms with van der Waals surface area (Å²) in [4.78, 5) is 13.4. The Labute approximate surface area is 297 Å². The molecule has 0 amide bonds. The lowest BCUT2D eigenvalue weighted by atomic mass is 9.72. The van der Waals surface area contributed by atoms with Crippen LogP contribution in [-0.2, 0) is 12.5 Å². The van der Waals surface area contributed by atoms with Crippen molar-refractivity contribution in [2.45, 2.75) is 108 Å². The minimum atomic E-state index is -2.91. The van der Waals surface area contributed by atoms with Crippen molar-refractivity contribution in [2.75, 3.05) is 34.8 Å². The largest absolute Gasteiger partial charge is 0.365 e. The van der Waals surface area contributed by atoms with Crippen LogP contribution >= 0.6 is 23.1 Å². The van der Waals surface area contributed by atoms with Gasteiger partial charge in [-0.25, -0.2) is 18.7 Å². The van der Waals surface area contributed by atoms with E-state index in [1.165, 1.54) is 5.57 Å². The van der Waals surface area contributed by atoms with Gasteiger partial charge in [0.15, 0.2) is 0 Å². The van der Waals surface area contributed by atoms with Crippen LogP contribution in [0.2, 0.25) is 0 Å². The molecule has 2 radical (unpaired) electrons. The number of allylic oxidation sites excluding steroid dienone is 1. The van der Waals surface area contributed by atoms with Gasteiger partial charge in [0.2, 0.25) is 0 Å². The molecule has 260 valence electrons. The molecular formula is C38H54BF2N5S2. The zero-order valence-corrected chi connectivity index (χ0v) is 31.1. The molecule has 8 bridgehead atoms. The highest BCUT2D eigenvalue weighted by molar-refractivity contribution is 8.14. The van der Waals surface area contributed by atoms with Crippen LogP contribution < -0.4 is 10.2 Å². The van der Waals surface area contributed by atoms with Gasteiger partial charge in [-0.3, -0.25) is 0 Å². The number of nitrogens with one attached hydrogen (secondary N) is 1. The predicted molar refractivity (Wildman–Crippen MR) is 207 cm³/mol. The average Bonchev–Trinajstić information content (AvgIpc) is 3.08. The molecule has 5 aliphatic heterocycles. The number of fused-ring (bicyclic) bond motifs is 9. The van der Waals surface area contributed by atoms with Crippen LogP contribution in [0.25, 0.3) is 6.08 Å². The molecule has 7 rings (SSSR count). The number of rotatable bonds is 1. The third-order valence-electron chi connectivity index (χ3n) is 10.7. The van der Waals surface area contributed by atoms with Crippen LogP contribution in [0, 0.1) is 11.8 Å². The Hall–Kier alpha value is -2.17. The summed E-state index contributed by atoms with van der Waals surface area (Å²) in [5.74, 6) is 4.81. The van der Waals surface area contributed by atoms with E-state index in [0.29, 0.717) is 44.2 Å². The summed E-state index contributed by atoms with van der Waals surface area (Å²) in [6.07, 6.45) is 11.4. The molecule has 0 spiro atoms. The molecule has 2 aromatic rings. The normalized spacial score (nSPS) is 32.5. The Balaban J connectivity index is 0.00000221. The second-order valence-corrected chi connectivity index (χ2v) is 17.2. The lowest BCUT2D eigenvalue weighted by molar-refractivity contribution is -0.0901. The summed E-state index contributed by atoms with van der Waals surface area (Å²) in [5, 5.41) is 3.49. The SMILES string of the molecule is CC.[B]C1(C)CCCCCC(C)(S)N2C(=C)C(C3CCS(=C)CC3)=Cc3c(ncnc32)NCc2cccc(c2)C(F)(F)C2CCN1CC2. The fraction of sp³-hybridized carbons (Fsp3) is 0.605. The third-order valence-corrected chi connectivity index (χ3v) is 12.8. The van der Waals surface area contributed by atoms with Gasteiger partial charge < -0.3 is 15.1 Å². The summed E-state index contributed by atoms with van der Waals surface area (Å²) < 4.78 is 31.9. The van der Waals surface area contributed by atoms with E-state index >= 15 is 8.78 Å². The first-order valence-corrected chi connectivity index (χ1v) is 20.1. The number of benzene rings is 1. The van der Waals surface area contributed by atoms with Crippen molar-refractivity contribution < 1.29 is 8.78 Å². The van der Waals surface area contributed by atoms with E-state index in [1.54, 1.807) is 24.5 Å². The predicted octanol–water partition coefficient (Wildman–Crippen LogP) is 9.24. The van der Waals surface area contributed by atoms with Crippen molar-refractivity contribution in [2.24, 2.45) is 11.8 Å². The molecule has 10 heteroatoms. The van der Waals surface area contributed by atoms with Gasteiger partial charge in [-0.2, -0.15) is 23.1 Å². The van der Waals surface area contributed by atoms with Crippen LogP contribution in [0.1, 0.15) is 102 Å². The number of alkyl halides is 2. The Morgan fingerprint density at radius 2 is 1.71 bits per heavy atom. The standard InChI is InChI=1S/C36H48BF2N5S2.C2H6/c1-25-30(27-13-19-46(4)20-14-27)22-31-32-40-23-26-9-8-10-29(21-26)36(38,39)28-11-17-43(18-12-28)34(2,37)15-6-5-7-16-35(3,45)44(25)33(31)42-24-41-32;1-2/h8-10,21-22,24,27-28,45H,1,4-7,11-20,23H2,2-3H3,(H,40,41,42);1-2H3. The van der Waals surface area contributed by atoms with Crippen LogP contribution in [0.3, 0.4) is 0 Å². The van der Waals surface area contributed by atoms with E-state index in [-0.39, 0.29) is 16.0 Å². The number of piperidine rings is 1. The van der Waals surface area contributed by atoms with Crippen molar-refractivity contribution >= 4 is 54.5 Å². The molecule has 2 fully saturated rings. The van der Waals surface area contributed by atoms with Crippen LogP contribution in [0.15, 0.2) is 48.4 Å². The van der Waals surface area contributed by atoms with Crippen molar-refractivity contribution in [3.8, 4) is 0 Å². The van der Waals surface area contributed by atoms with Gasteiger partial charge in [-0.1, -0.05) is 70.7 Å². The molecule has 48 heavy (non-hydrogen) atoms. The second-order valence-electron chi connectivity index (χ2n) is 14.2. The monoisotopic (exact) mass is 693 g/mol. The smallest absolute Gasteiger partial charge is 0.276 e. The molecule has 2 unspecified atom stereocenters. The first-order valence-electron chi connectivity index (χ1n) is 17.9. The van der Waals surface area contributed by atoms with Gasteiger partial charge in [-0.15, -0.1) is 0 Å². The fourth-order valence-electron chi connectivity index (χ4n) is 7.83. The Bertz CT molecular complexity index is 1490. The van der Waals surface area contributed by atoms with Crippen molar-refractivity contribution in [1.82, 2.24) is 14.9 Å². The number of hydrogen-bond acceptors (Lipinski definition) is 6. The Morgan fingerprint density at radius 1 is 1.02 bits per heavy atom. The highest BCUT2D eigenvalue weighted by atomic mass is 32.2. The second kappa shape index (κ2) is 15.4. The van der Waals surface area contributed by atoms with Crippen molar-refractivity contribution in [3.05, 3.63) is 65.1 Å². The molecule has 0 saturated carbocycles. The summed E-state index contributed by atoms with van der Waals surface area (Å²) in [5.41, 5.74) is 3.42. The zero-order chi connectivity index (χ0) is 34.7. The summed E-state index contributed by atoms with van der Waals surface area (Å²) in [6.45, 7) is 14.4. The molecule has 1 aromatic carbocycles. The third kappa shape index (κ3) is 7.91. The van der Waals surface area contributed by atoms with E-state index in [9.17, 15) is 0 Å². The number of halogens is 2. The van der Waals surface area contributed by atoms with E-state index in [1.807, 2.05) is 19.9 Å². The van der Waals surface area contributed by atoms with Crippen molar-refractivity contribution in [1.29, 1.82) is 0 Å². The molecule has 1 N–H and O–H groups in total. The lowest BCUT2D eigenvalue weighted by Crippen LogP contribution is -2.52. The molecular weight excluding hydrogens is 639 g/mol. The first-order chi connectivity index (χ1) is 22.9. The maximum absolute atomic E-state index is 16.0. The highest BCUT2D eigenvalue weighted by Gasteiger charge is 2.44. The van der Waals surface area contributed by atoms with Gasteiger partial charge >= 0.3 is 0 Å². The number of aromatic nitrogens is 2. The first kappa shape index (κ1) is 37.1. The minimum Gasteiger partial charge on any atom is -0.365 e. The summed E-state index contributed by atoms with van der Waals surface area (Å²) in [6, 6.07) is 6.86. The molecule has 0 aliphatic carbocycles. The van der Waals surface area contributed by atoms with Gasteiger partial charge in [0.05, 0.1) is 18.3 Å². The van der Waals surface area contributed by atoms with Crippen molar-refractivity contribution in [3.63, 3.8) is 0 Å². The number of nitrogens with zero attached hydrogens (tertiary/aromatic N) is 4. The molecule has 5 nitrogen and oxygen atoms in total. The number of anilines is 2. The quantitative estimate of drug-likeness (QED) is 0.177. The van der Waals surface area contributed by atoms with Crippen LogP contribution in [0.5, 0.6) is 0 Å². The van der Waals surface area contributed by atoms with Gasteiger partial charge in [0, 0.05) is 23.7 Å². The molecule has 1 aromatic heterocycles. The van der Waals surface area contributed by atoms with Gasteiger partial charge in [0.1, 0.15) is 18.0 Å². The molecule has 2 saturated heterocycles. The highest BCUT2D eigenvalue weighted by Crippen LogP contribution is 2.48. The van der Waals surface area contributed by atoms with Crippen LogP contribution in [-0.4, -0.2) is 63.5 Å². The van der Waals surface area contributed by atoms with Crippen LogP contribution in [0.4, 0.5) is 20.4 Å². The lowest BCUT2D eigenvalue weighted by Gasteiger charge is -2.45. The van der Waals surface area contributed by atoms with E-state index in [4.69, 9.17) is 25.5 Å². The molecule has 5 aliphatic rings. The molecule has 2 atom stereocenters. The maximum Gasteiger partial charge on any atom is 0.276 e. The number of thiol groups is 1. The van der Waals surface area contributed by atoms with Gasteiger partial charge in [0.25, 0.3) is 5.92 Å². The Morgan fingerprint density at radius 3 is 2.42 bits per heavy atom. The topological polar surface area (TPSA) is 44.3 Å². The average molecular weight is 694 g/mol.